The third kappa shape index (κ3) is 4.15. The first-order valence-electron chi connectivity index (χ1n) is 7.02. The van der Waals surface area contributed by atoms with Crippen LogP contribution in [0.15, 0.2) is 58.5 Å². The van der Waals surface area contributed by atoms with Gasteiger partial charge in [-0.15, -0.1) is 0 Å². The largest absolute Gasteiger partial charge is 0.295 e. The van der Waals surface area contributed by atoms with E-state index in [4.69, 9.17) is 5.14 Å². The zero-order valence-corrected chi connectivity index (χ0v) is 13.7. The number of nitro groups is 1. The summed E-state index contributed by atoms with van der Waals surface area (Å²) in [4.78, 5) is 10.1. The summed E-state index contributed by atoms with van der Waals surface area (Å²) in [6.07, 6.45) is 0.611. The number of hydrogen-bond donors (Lipinski definition) is 2. The molecule has 8 nitrogen and oxygen atoms in total. The highest BCUT2D eigenvalue weighted by Gasteiger charge is 2.19. The maximum absolute atomic E-state index is 11.3. The number of nitrogens with two attached hydrogens (primary N) is 1. The normalized spacial score (nSPS) is 12.0. The van der Waals surface area contributed by atoms with Gasteiger partial charge in [0.2, 0.25) is 10.0 Å². The second-order valence-corrected chi connectivity index (χ2v) is 6.43. The predicted octanol–water partition coefficient (Wildman–Crippen LogP) is 2.47. The molecule has 0 aliphatic rings. The molecular weight excluding hydrogens is 332 g/mol. The highest BCUT2D eigenvalue weighted by Crippen LogP contribution is 2.27. The van der Waals surface area contributed by atoms with E-state index in [0.717, 1.165) is 11.6 Å². The lowest BCUT2D eigenvalue weighted by Gasteiger charge is -2.07. The number of nitrogens with zero attached hydrogens (tertiary/aromatic N) is 2. The summed E-state index contributed by atoms with van der Waals surface area (Å²) in [5.41, 5.74) is 3.88. The summed E-state index contributed by atoms with van der Waals surface area (Å²) in [6.45, 7) is 1.91. The molecule has 126 valence electrons. The van der Waals surface area contributed by atoms with Crippen molar-refractivity contribution < 1.29 is 13.3 Å². The van der Waals surface area contributed by atoms with Gasteiger partial charge < -0.3 is 0 Å². The number of benzene rings is 2. The minimum Gasteiger partial charge on any atom is -0.271 e. The van der Waals surface area contributed by atoms with Gasteiger partial charge in [0.05, 0.1) is 15.5 Å². The van der Waals surface area contributed by atoms with E-state index >= 15 is 0 Å². The molecule has 0 heterocycles. The molecule has 2 aromatic rings. The topological polar surface area (TPSA) is 128 Å². The number of rotatable bonds is 6. The van der Waals surface area contributed by atoms with Crippen molar-refractivity contribution >= 4 is 27.1 Å². The Balaban J connectivity index is 2.39. The van der Waals surface area contributed by atoms with Crippen LogP contribution in [0.4, 0.5) is 11.4 Å². The Hall–Kier alpha value is -2.78. The molecule has 2 rings (SSSR count). The molecule has 0 atom stereocenters. The number of hydrogen-bond acceptors (Lipinski definition) is 6. The number of sulfonamides is 1. The van der Waals surface area contributed by atoms with Gasteiger partial charge >= 0.3 is 0 Å². The van der Waals surface area contributed by atoms with Crippen LogP contribution in [0, 0.1) is 10.1 Å². The lowest BCUT2D eigenvalue weighted by Crippen LogP contribution is -2.12. The maximum Gasteiger partial charge on any atom is 0.295 e. The number of hydrazone groups is 1. The van der Waals surface area contributed by atoms with Crippen LogP contribution >= 0.6 is 0 Å². The lowest BCUT2D eigenvalue weighted by atomic mass is 10.1. The van der Waals surface area contributed by atoms with Crippen molar-refractivity contribution in [2.45, 2.75) is 18.2 Å². The smallest absolute Gasteiger partial charge is 0.271 e. The Bertz CT molecular complexity index is 880. The molecule has 0 aromatic heterocycles. The van der Waals surface area contributed by atoms with Gasteiger partial charge in [-0.1, -0.05) is 37.3 Å². The molecule has 24 heavy (non-hydrogen) atoms. The van der Waals surface area contributed by atoms with E-state index in [2.05, 4.69) is 10.5 Å². The van der Waals surface area contributed by atoms with Gasteiger partial charge in [-0.25, -0.2) is 13.6 Å². The maximum atomic E-state index is 11.3. The molecule has 2 aromatic carbocycles. The standard InChI is InChI=1S/C15H16N4O4S/c1-2-13(11-6-4-3-5-7-11)17-18-14-9-8-12(24(16,22)23)10-15(14)19(20)21/h3-10,18H,2H2,1H3,(H2,16,22,23)/b17-13+. The molecular formula is C15H16N4O4S. The fourth-order valence-corrected chi connectivity index (χ4v) is 2.57. The van der Waals surface area contributed by atoms with Crippen LogP contribution in [0.25, 0.3) is 0 Å². The van der Waals surface area contributed by atoms with Crippen LogP contribution < -0.4 is 10.6 Å². The predicted molar refractivity (Wildman–Crippen MR) is 91.4 cm³/mol. The summed E-state index contributed by atoms with van der Waals surface area (Å²) in [5, 5.41) is 20.4. The third-order valence-corrected chi connectivity index (χ3v) is 4.16. The molecule has 9 heteroatoms. The summed E-state index contributed by atoms with van der Waals surface area (Å²) >= 11 is 0. The van der Waals surface area contributed by atoms with Gasteiger partial charge in [0.25, 0.3) is 5.69 Å². The molecule has 0 radical (unpaired) electrons. The fourth-order valence-electron chi connectivity index (χ4n) is 2.04. The lowest BCUT2D eigenvalue weighted by molar-refractivity contribution is -0.384. The van der Waals surface area contributed by atoms with Crippen LogP contribution in [-0.4, -0.2) is 19.1 Å². The van der Waals surface area contributed by atoms with Gasteiger partial charge in [0, 0.05) is 6.07 Å². The van der Waals surface area contributed by atoms with Crippen molar-refractivity contribution in [2.24, 2.45) is 10.2 Å². The molecule has 0 aliphatic carbocycles. The average molecular weight is 348 g/mol. The van der Waals surface area contributed by atoms with Crippen LogP contribution in [-0.2, 0) is 10.0 Å². The van der Waals surface area contributed by atoms with E-state index in [1.807, 2.05) is 37.3 Å². The minimum absolute atomic E-state index is 0.0780. The van der Waals surface area contributed by atoms with Crippen molar-refractivity contribution in [1.29, 1.82) is 0 Å². The summed E-state index contributed by atoms with van der Waals surface area (Å²) < 4.78 is 22.6. The van der Waals surface area contributed by atoms with Crippen LogP contribution in [0.1, 0.15) is 18.9 Å². The minimum atomic E-state index is -4.02. The molecule has 0 unspecified atom stereocenters. The summed E-state index contributed by atoms with van der Waals surface area (Å²) in [6, 6.07) is 12.7. The SMILES string of the molecule is CC/C(=N\Nc1ccc(S(N)(=O)=O)cc1[N+](=O)[O-])c1ccccc1. The van der Waals surface area contributed by atoms with E-state index < -0.39 is 20.6 Å². The first kappa shape index (κ1) is 17.6. The van der Waals surface area contributed by atoms with Gasteiger partial charge in [-0.3, -0.25) is 15.5 Å². The van der Waals surface area contributed by atoms with E-state index in [9.17, 15) is 18.5 Å². The quantitative estimate of drug-likeness (QED) is 0.471. The second kappa shape index (κ2) is 7.20. The van der Waals surface area contributed by atoms with Gasteiger partial charge in [0.15, 0.2) is 0 Å². The monoisotopic (exact) mass is 348 g/mol. The molecule has 0 amide bonds. The number of primary sulfonamides is 1. The zero-order valence-electron chi connectivity index (χ0n) is 12.8. The van der Waals surface area contributed by atoms with Crippen molar-refractivity contribution in [3.8, 4) is 0 Å². The van der Waals surface area contributed by atoms with Crippen molar-refractivity contribution in [1.82, 2.24) is 0 Å². The Kier molecular flexibility index (Phi) is 5.27. The number of nitrogens with one attached hydrogen (secondary N) is 1. The highest BCUT2D eigenvalue weighted by atomic mass is 32.2. The van der Waals surface area contributed by atoms with E-state index in [-0.39, 0.29) is 10.6 Å². The van der Waals surface area contributed by atoms with Gasteiger partial charge in [-0.2, -0.15) is 5.10 Å². The van der Waals surface area contributed by atoms with Gasteiger partial charge in [-0.05, 0) is 24.1 Å². The van der Waals surface area contributed by atoms with Crippen LogP contribution in [0.5, 0.6) is 0 Å². The van der Waals surface area contributed by atoms with E-state index in [0.29, 0.717) is 12.1 Å². The molecule has 0 bridgehead atoms. The molecule has 0 saturated carbocycles. The number of nitro benzene ring substituents is 1. The Morgan fingerprint density at radius 2 is 1.92 bits per heavy atom. The molecule has 0 spiro atoms. The van der Waals surface area contributed by atoms with Crippen molar-refractivity contribution in [2.75, 3.05) is 5.43 Å². The molecule has 0 fully saturated rings. The van der Waals surface area contributed by atoms with E-state index in [1.54, 1.807) is 0 Å². The van der Waals surface area contributed by atoms with E-state index in [1.165, 1.54) is 12.1 Å². The first-order valence-corrected chi connectivity index (χ1v) is 8.56. The Morgan fingerprint density at radius 1 is 1.25 bits per heavy atom. The molecule has 3 N–H and O–H groups in total. The van der Waals surface area contributed by atoms with Crippen LogP contribution in [0.2, 0.25) is 0 Å². The van der Waals surface area contributed by atoms with Crippen LogP contribution in [0.3, 0.4) is 0 Å². The highest BCUT2D eigenvalue weighted by molar-refractivity contribution is 7.89. The fraction of sp³-hybridized carbons (Fsp3) is 0.133. The Morgan fingerprint density at radius 3 is 2.46 bits per heavy atom. The van der Waals surface area contributed by atoms with Crippen molar-refractivity contribution in [3.63, 3.8) is 0 Å². The molecule has 0 aliphatic heterocycles. The second-order valence-electron chi connectivity index (χ2n) is 4.87. The summed E-state index contributed by atoms with van der Waals surface area (Å²) in [5.74, 6) is 0. The first-order chi connectivity index (χ1) is 11.3. The van der Waals surface area contributed by atoms with Crippen molar-refractivity contribution in [3.05, 3.63) is 64.2 Å². The third-order valence-electron chi connectivity index (χ3n) is 3.25. The zero-order chi connectivity index (χ0) is 17.7. The Labute approximate surface area is 139 Å². The van der Waals surface area contributed by atoms with Gasteiger partial charge in [0.1, 0.15) is 5.69 Å². The summed E-state index contributed by atoms with van der Waals surface area (Å²) in [7, 11) is -4.02. The molecule has 0 saturated heterocycles. The number of anilines is 1. The average Bonchev–Trinajstić information content (AvgIpc) is 2.55.